The quantitative estimate of drug-likeness (QED) is 0.239. The first-order valence-electron chi connectivity index (χ1n) is 11.6. The van der Waals surface area contributed by atoms with Gasteiger partial charge in [-0.25, -0.2) is 18.2 Å². The van der Waals surface area contributed by atoms with Crippen LogP contribution in [0.15, 0.2) is 59.8 Å². The monoisotopic (exact) mass is 526 g/mol. The van der Waals surface area contributed by atoms with Gasteiger partial charge in [0, 0.05) is 18.3 Å². The zero-order valence-electron chi connectivity index (χ0n) is 21.5. The number of carbonyl (C=O) groups is 1. The van der Waals surface area contributed by atoms with Crippen LogP contribution in [0.5, 0.6) is 5.75 Å². The number of methoxy groups -OCH3 is 2. The minimum atomic E-state index is -3.74. The molecular formula is C26H30N4O6S. The van der Waals surface area contributed by atoms with E-state index in [2.05, 4.69) is 10.1 Å². The zero-order valence-corrected chi connectivity index (χ0v) is 22.3. The molecule has 0 fully saturated rings. The van der Waals surface area contributed by atoms with Gasteiger partial charge in [0.25, 0.3) is 0 Å². The molecule has 3 heterocycles. The number of ether oxygens (including phenoxy) is 3. The number of sulfone groups is 1. The van der Waals surface area contributed by atoms with Crippen molar-refractivity contribution >= 4 is 21.5 Å². The van der Waals surface area contributed by atoms with Crippen LogP contribution in [0.2, 0.25) is 0 Å². The van der Waals surface area contributed by atoms with Crippen LogP contribution in [0.25, 0.3) is 17.0 Å². The molecule has 0 saturated carbocycles. The molecule has 196 valence electrons. The Labute approximate surface area is 215 Å². The smallest absolute Gasteiger partial charge is 0.356 e. The molecule has 0 saturated heterocycles. The summed E-state index contributed by atoms with van der Waals surface area (Å²) in [6.45, 7) is 5.95. The molecule has 0 bridgehead atoms. The van der Waals surface area contributed by atoms with E-state index < -0.39 is 20.6 Å². The van der Waals surface area contributed by atoms with Crippen LogP contribution in [-0.2, 0) is 32.5 Å². The van der Waals surface area contributed by atoms with Crippen molar-refractivity contribution in [3.63, 3.8) is 0 Å². The maximum absolute atomic E-state index is 13.3. The number of aromatic nitrogens is 4. The number of carbonyl (C=O) groups excluding carboxylic acids is 1. The Bertz CT molecular complexity index is 1520. The lowest BCUT2D eigenvalue weighted by Gasteiger charge is -2.21. The Morgan fingerprint density at radius 3 is 2.46 bits per heavy atom. The Morgan fingerprint density at radius 2 is 1.81 bits per heavy atom. The van der Waals surface area contributed by atoms with E-state index in [-0.39, 0.29) is 16.3 Å². The number of hydrogen-bond acceptors (Lipinski definition) is 8. The van der Waals surface area contributed by atoms with Gasteiger partial charge in [0.15, 0.2) is 9.84 Å². The highest BCUT2D eigenvalue weighted by Gasteiger charge is 2.34. The first-order valence-corrected chi connectivity index (χ1v) is 13.1. The van der Waals surface area contributed by atoms with Crippen molar-refractivity contribution in [2.45, 2.75) is 43.6 Å². The third kappa shape index (κ3) is 5.23. The highest BCUT2D eigenvalue weighted by atomic mass is 32.2. The zero-order chi connectivity index (χ0) is 26.8. The van der Waals surface area contributed by atoms with Gasteiger partial charge in [-0.3, -0.25) is 9.08 Å². The first kappa shape index (κ1) is 26.4. The molecule has 0 aliphatic carbocycles. The van der Waals surface area contributed by atoms with Crippen LogP contribution in [0, 0.1) is 0 Å². The molecule has 0 unspecified atom stereocenters. The molecule has 0 atom stereocenters. The van der Waals surface area contributed by atoms with Crippen LogP contribution in [0.1, 0.15) is 36.8 Å². The number of esters is 1. The number of benzene rings is 1. The maximum Gasteiger partial charge on any atom is 0.356 e. The minimum absolute atomic E-state index is 0.0381. The van der Waals surface area contributed by atoms with Gasteiger partial charge in [0.05, 0.1) is 50.6 Å². The van der Waals surface area contributed by atoms with E-state index in [0.717, 1.165) is 5.56 Å². The molecule has 4 aromatic rings. The number of fused-ring (bicyclic) bond motifs is 1. The highest BCUT2D eigenvalue weighted by Crippen LogP contribution is 2.34. The fourth-order valence-corrected chi connectivity index (χ4v) is 5.08. The average Bonchev–Trinajstić information content (AvgIpc) is 3.49. The summed E-state index contributed by atoms with van der Waals surface area (Å²) in [7, 11) is -1.02. The molecule has 10 nitrogen and oxygen atoms in total. The minimum Gasteiger partial charge on any atom is -0.495 e. The summed E-state index contributed by atoms with van der Waals surface area (Å²) in [5.41, 5.74) is 2.70. The van der Waals surface area contributed by atoms with Gasteiger partial charge in [0.2, 0.25) is 0 Å². The SMILES string of the molecule is COC(=O)c1cc(-c2cnc3cc(OC)c(S(=O)(=O)C(C)(C)C)cn23)nn1CCOCc1ccccc1. The van der Waals surface area contributed by atoms with Crippen molar-refractivity contribution in [2.75, 3.05) is 20.8 Å². The van der Waals surface area contributed by atoms with E-state index in [9.17, 15) is 13.2 Å². The van der Waals surface area contributed by atoms with E-state index in [1.54, 1.807) is 43.5 Å². The third-order valence-corrected chi connectivity index (χ3v) is 8.38. The van der Waals surface area contributed by atoms with Crippen LogP contribution in [-0.4, -0.2) is 59.1 Å². The lowest BCUT2D eigenvalue weighted by Crippen LogP contribution is -2.28. The molecule has 11 heteroatoms. The van der Waals surface area contributed by atoms with E-state index in [0.29, 0.717) is 36.8 Å². The number of imidazole rings is 1. The number of hydrogen-bond donors (Lipinski definition) is 0. The lowest BCUT2D eigenvalue weighted by molar-refractivity contribution is 0.0579. The molecule has 0 N–H and O–H groups in total. The van der Waals surface area contributed by atoms with Crippen molar-refractivity contribution in [3.05, 3.63) is 66.1 Å². The Kier molecular flexibility index (Phi) is 7.37. The summed E-state index contributed by atoms with van der Waals surface area (Å²) in [6, 6.07) is 12.9. The molecule has 0 radical (unpaired) electrons. The molecule has 0 spiro atoms. The fourth-order valence-electron chi connectivity index (χ4n) is 3.76. The highest BCUT2D eigenvalue weighted by molar-refractivity contribution is 7.92. The number of nitrogens with zero attached hydrogens (tertiary/aromatic N) is 4. The van der Waals surface area contributed by atoms with Crippen molar-refractivity contribution in [3.8, 4) is 17.1 Å². The van der Waals surface area contributed by atoms with Gasteiger partial charge in [-0.05, 0) is 26.3 Å². The fraction of sp³-hybridized carbons (Fsp3) is 0.346. The Hall–Kier alpha value is -3.70. The molecule has 0 aliphatic heterocycles. The molecule has 4 rings (SSSR count). The standard InChI is InChI=1S/C26H30N4O6S/c1-26(2,3)37(32,33)23-16-29-21(15-27-24(29)14-22(23)34-4)19-13-20(25(31)35-5)30(28-19)11-12-36-17-18-9-7-6-8-10-18/h6-10,13-16H,11-12,17H2,1-5H3. The third-order valence-electron chi connectivity index (χ3n) is 5.89. The average molecular weight is 527 g/mol. The summed E-state index contributed by atoms with van der Waals surface area (Å²) >= 11 is 0. The predicted octanol–water partition coefficient (Wildman–Crippen LogP) is 3.78. The van der Waals surface area contributed by atoms with Crippen LogP contribution in [0.3, 0.4) is 0 Å². The molecule has 1 aromatic carbocycles. The van der Waals surface area contributed by atoms with Crippen molar-refractivity contribution in [1.29, 1.82) is 0 Å². The normalized spacial score (nSPS) is 12.1. The second-order valence-electron chi connectivity index (χ2n) is 9.36. The van der Waals surface area contributed by atoms with Gasteiger partial charge in [-0.1, -0.05) is 30.3 Å². The van der Waals surface area contributed by atoms with Gasteiger partial charge < -0.3 is 14.2 Å². The molecular weight excluding hydrogens is 496 g/mol. The molecule has 3 aromatic heterocycles. The second kappa shape index (κ2) is 10.3. The van der Waals surface area contributed by atoms with Crippen molar-refractivity contribution < 1.29 is 27.4 Å². The maximum atomic E-state index is 13.3. The summed E-state index contributed by atoms with van der Waals surface area (Å²) in [4.78, 5) is 16.9. The van der Waals surface area contributed by atoms with Crippen LogP contribution >= 0.6 is 0 Å². The summed E-state index contributed by atoms with van der Waals surface area (Å²) in [5.74, 6) is -0.343. The summed E-state index contributed by atoms with van der Waals surface area (Å²) in [6.07, 6.45) is 3.05. The van der Waals surface area contributed by atoms with Gasteiger partial charge >= 0.3 is 5.97 Å². The second-order valence-corrected chi connectivity index (χ2v) is 12.0. The lowest BCUT2D eigenvalue weighted by atomic mass is 10.2. The van der Waals surface area contributed by atoms with Crippen molar-refractivity contribution in [1.82, 2.24) is 19.2 Å². The molecule has 0 amide bonds. The van der Waals surface area contributed by atoms with Crippen LogP contribution < -0.4 is 4.74 Å². The topological polar surface area (TPSA) is 114 Å². The van der Waals surface area contributed by atoms with E-state index in [1.165, 1.54) is 25.1 Å². The van der Waals surface area contributed by atoms with E-state index >= 15 is 0 Å². The predicted molar refractivity (Wildman–Crippen MR) is 137 cm³/mol. The van der Waals surface area contributed by atoms with Gasteiger partial charge in [0.1, 0.15) is 27.7 Å². The summed E-state index contributed by atoms with van der Waals surface area (Å²) in [5, 5.41) is 4.59. The van der Waals surface area contributed by atoms with E-state index in [4.69, 9.17) is 14.2 Å². The number of pyridine rings is 1. The Balaban J connectivity index is 1.69. The van der Waals surface area contributed by atoms with Gasteiger partial charge in [-0.15, -0.1) is 0 Å². The van der Waals surface area contributed by atoms with Gasteiger partial charge in [-0.2, -0.15) is 5.10 Å². The molecule has 0 aliphatic rings. The molecule has 37 heavy (non-hydrogen) atoms. The van der Waals surface area contributed by atoms with Crippen molar-refractivity contribution in [2.24, 2.45) is 0 Å². The largest absolute Gasteiger partial charge is 0.495 e. The first-order chi connectivity index (χ1) is 17.6. The Morgan fingerprint density at radius 1 is 1.08 bits per heavy atom. The summed E-state index contributed by atoms with van der Waals surface area (Å²) < 4.78 is 44.7. The van der Waals surface area contributed by atoms with Crippen LogP contribution in [0.4, 0.5) is 0 Å². The number of rotatable bonds is 9. The van der Waals surface area contributed by atoms with E-state index in [1.807, 2.05) is 30.3 Å².